The summed E-state index contributed by atoms with van der Waals surface area (Å²) < 4.78 is 0. The topological polar surface area (TPSA) is 0 Å². The average Bonchev–Trinajstić information content (AvgIpc) is 0. The molecule has 0 aromatic rings. The van der Waals surface area contributed by atoms with Gasteiger partial charge in [-0.25, -0.2) is 0 Å². The molecule has 0 aliphatic rings. The summed E-state index contributed by atoms with van der Waals surface area (Å²) in [4.78, 5) is 0. The molecular formula is Ag9In4. The van der Waals surface area contributed by atoms with E-state index in [4.69, 9.17) is 0 Å². The predicted octanol–water partition coefficient (Wildman–Crippen LogP) is -1.55. The van der Waals surface area contributed by atoms with E-state index in [-0.39, 0.29) is 305 Å². The van der Waals surface area contributed by atoms with Gasteiger partial charge in [-0.1, -0.05) is 0 Å². The van der Waals surface area contributed by atoms with Gasteiger partial charge < -0.3 is 0 Å². The fourth-order valence-corrected chi connectivity index (χ4v) is 0. The van der Waals surface area contributed by atoms with Gasteiger partial charge in [0.05, 0.1) is 0 Å². The molecule has 0 spiro atoms. The Kier molecular flexibility index (Phi) is 816. The van der Waals surface area contributed by atoms with E-state index in [2.05, 4.69) is 0 Å². The molecule has 0 atom stereocenters. The molecule has 21 radical (unpaired) electrons. The van der Waals surface area contributed by atoms with Crippen LogP contribution in [0.4, 0.5) is 0 Å². The van der Waals surface area contributed by atoms with Crippen molar-refractivity contribution in [3.8, 4) is 0 Å². The number of hydrogen-bond donors (Lipinski definition) is 0. The van der Waals surface area contributed by atoms with Crippen LogP contribution < -0.4 is 0 Å². The second-order valence-electron chi connectivity index (χ2n) is 0. The van der Waals surface area contributed by atoms with Gasteiger partial charge in [-0.05, 0) is 0 Å². The number of hydrogen-bond acceptors (Lipinski definition) is 0. The molecule has 0 aromatic heterocycles. The van der Waals surface area contributed by atoms with Crippen molar-refractivity contribution < 1.29 is 201 Å². The molecule has 0 heterocycles. The Morgan fingerprint density at radius 2 is 0.154 bits per heavy atom. The van der Waals surface area contributed by atoms with Gasteiger partial charge in [0, 0.05) is 305 Å². The average molecular weight is 1430 g/mol. The second-order valence-corrected chi connectivity index (χ2v) is 0. The van der Waals surface area contributed by atoms with Crippen LogP contribution in [0.3, 0.4) is 0 Å². The molecule has 0 N–H and O–H groups in total. The normalized spacial score (nSPS) is 0. The SMILES string of the molecule is [Ag].[Ag].[Ag].[Ag].[Ag].[Ag].[Ag].[Ag].[Ag].[In].[In].[In].[In]. The second kappa shape index (κ2) is 96.2. The van der Waals surface area contributed by atoms with Crippen LogP contribution in [0.15, 0.2) is 0 Å². The Labute approximate surface area is 296 Å². The van der Waals surface area contributed by atoms with Gasteiger partial charge in [0.2, 0.25) is 0 Å². The van der Waals surface area contributed by atoms with E-state index in [1.807, 2.05) is 0 Å². The Bertz CT molecular complexity index is 11.6. The maximum Gasteiger partial charge on any atom is 0 e. The first kappa shape index (κ1) is 110. The smallest absolute Gasteiger partial charge is 0 e. The van der Waals surface area contributed by atoms with Gasteiger partial charge in [-0.2, -0.15) is 0 Å². The van der Waals surface area contributed by atoms with Crippen molar-refractivity contribution in [1.29, 1.82) is 0 Å². The van der Waals surface area contributed by atoms with E-state index in [9.17, 15) is 0 Å². The van der Waals surface area contributed by atoms with E-state index in [0.29, 0.717) is 0 Å². The summed E-state index contributed by atoms with van der Waals surface area (Å²) in [5.74, 6) is 0. The summed E-state index contributed by atoms with van der Waals surface area (Å²) in [6.45, 7) is 0. The van der Waals surface area contributed by atoms with E-state index < -0.39 is 0 Å². The zero-order chi connectivity index (χ0) is 0. The van der Waals surface area contributed by atoms with Gasteiger partial charge in [-0.15, -0.1) is 0 Å². The third kappa shape index (κ3) is 87.3. The summed E-state index contributed by atoms with van der Waals surface area (Å²) in [5, 5.41) is 0. The van der Waals surface area contributed by atoms with Crippen LogP contribution in [-0.4, -0.2) is 103 Å². The van der Waals surface area contributed by atoms with Crippen LogP contribution in [0.25, 0.3) is 0 Å². The molecular weight excluding hydrogens is 1430 g/mol. The van der Waals surface area contributed by atoms with Gasteiger partial charge in [0.25, 0.3) is 0 Å². The molecule has 0 fully saturated rings. The van der Waals surface area contributed by atoms with Crippen molar-refractivity contribution in [2.24, 2.45) is 0 Å². The largest absolute Gasteiger partial charge is 0 e. The summed E-state index contributed by atoms with van der Waals surface area (Å²) in [7, 11) is 0. The summed E-state index contributed by atoms with van der Waals surface area (Å²) in [6.07, 6.45) is 0. The predicted molar refractivity (Wildman–Crippen MR) is 23.0 cm³/mol. The minimum atomic E-state index is 0. The van der Waals surface area contributed by atoms with Crippen molar-refractivity contribution >= 4 is 103 Å². The van der Waals surface area contributed by atoms with Crippen molar-refractivity contribution in [3.63, 3.8) is 0 Å². The molecule has 0 unspecified atom stereocenters. The standard InChI is InChI=1S/9Ag.4In. The fourth-order valence-electron chi connectivity index (χ4n) is 0. The Morgan fingerprint density at radius 3 is 0.154 bits per heavy atom. The maximum absolute atomic E-state index is 0. The van der Waals surface area contributed by atoms with E-state index in [1.165, 1.54) is 0 Å². The third-order valence-electron chi connectivity index (χ3n) is 0. The van der Waals surface area contributed by atoms with Gasteiger partial charge in [-0.3, -0.25) is 0 Å². The summed E-state index contributed by atoms with van der Waals surface area (Å²) in [5.41, 5.74) is 0. The fraction of sp³-hybridized carbons (Fsp3) is 0. The molecule has 0 amide bonds. The monoisotopic (exact) mass is 1420 g/mol. The first-order valence-corrected chi connectivity index (χ1v) is 0. The minimum Gasteiger partial charge on any atom is 0 e. The van der Waals surface area contributed by atoms with Crippen molar-refractivity contribution in [1.82, 2.24) is 0 Å². The Morgan fingerprint density at radius 1 is 0.154 bits per heavy atom. The summed E-state index contributed by atoms with van der Waals surface area (Å²) >= 11 is 0. The Balaban J connectivity index is 0. The van der Waals surface area contributed by atoms with Crippen molar-refractivity contribution in [2.75, 3.05) is 0 Å². The molecule has 0 aromatic carbocycles. The molecule has 13 heavy (non-hydrogen) atoms. The third-order valence-corrected chi connectivity index (χ3v) is 0. The molecule has 0 aliphatic carbocycles. The van der Waals surface area contributed by atoms with E-state index in [0.717, 1.165) is 0 Å². The molecule has 0 nitrogen and oxygen atoms in total. The molecule has 0 rings (SSSR count). The maximum atomic E-state index is 0. The number of rotatable bonds is 0. The van der Waals surface area contributed by atoms with E-state index >= 15 is 0 Å². The van der Waals surface area contributed by atoms with Crippen molar-refractivity contribution in [2.45, 2.75) is 0 Å². The molecule has 0 aliphatic heterocycles. The molecule has 13 heteroatoms. The van der Waals surface area contributed by atoms with Crippen LogP contribution in [-0.2, 0) is 201 Å². The van der Waals surface area contributed by atoms with E-state index in [1.54, 1.807) is 0 Å². The van der Waals surface area contributed by atoms with Crippen LogP contribution in [0.5, 0.6) is 0 Å². The molecule has 111 valence electrons. The molecule has 0 saturated carbocycles. The minimum absolute atomic E-state index is 0. The van der Waals surface area contributed by atoms with Gasteiger partial charge >= 0.3 is 0 Å². The van der Waals surface area contributed by atoms with Crippen LogP contribution in [0.1, 0.15) is 0 Å². The quantitative estimate of drug-likeness (QED) is 0.259. The zero-order valence-electron chi connectivity index (χ0n) is 5.02. The van der Waals surface area contributed by atoms with Gasteiger partial charge in [0.1, 0.15) is 0 Å². The Hall–Kier alpha value is 10.1. The zero-order valence-corrected chi connectivity index (χ0v) is 31.5. The van der Waals surface area contributed by atoms with Crippen molar-refractivity contribution in [3.05, 3.63) is 0 Å². The summed E-state index contributed by atoms with van der Waals surface area (Å²) in [6, 6.07) is 0. The molecule has 0 bridgehead atoms. The first-order valence-electron chi connectivity index (χ1n) is 0. The van der Waals surface area contributed by atoms with Crippen LogP contribution in [0, 0.1) is 0 Å². The van der Waals surface area contributed by atoms with Crippen LogP contribution in [0.2, 0.25) is 0 Å². The molecule has 0 saturated heterocycles. The van der Waals surface area contributed by atoms with Gasteiger partial charge in [0.15, 0.2) is 0 Å². The van der Waals surface area contributed by atoms with Crippen LogP contribution >= 0.6 is 0 Å². The first-order chi connectivity index (χ1) is 0.